The first kappa shape index (κ1) is 18.3. The Kier molecular flexibility index (Phi) is 5.10. The molecular weight excluding hydrogens is 352 g/mol. The summed E-state index contributed by atoms with van der Waals surface area (Å²) in [5.74, 6) is 0.718. The SMILES string of the molecule is NCCCCNc1nc2c(N)ncnc2n1[C@@H]1O[C@H](CN2CC2)[C@@H](O)[C@H]1O. The van der Waals surface area contributed by atoms with E-state index in [1.807, 2.05) is 0 Å². The van der Waals surface area contributed by atoms with Crippen molar-refractivity contribution in [2.45, 2.75) is 37.4 Å². The highest BCUT2D eigenvalue weighted by Gasteiger charge is 2.46. The molecule has 0 saturated carbocycles. The number of aliphatic hydroxyl groups is 2. The molecular formula is C16H26N8O3. The van der Waals surface area contributed by atoms with Crippen LogP contribution >= 0.6 is 0 Å². The number of hydrogen-bond donors (Lipinski definition) is 5. The van der Waals surface area contributed by atoms with E-state index in [0.717, 1.165) is 25.9 Å². The first-order valence-corrected chi connectivity index (χ1v) is 9.26. The lowest BCUT2D eigenvalue weighted by molar-refractivity contribution is -0.0364. The van der Waals surface area contributed by atoms with Crippen LogP contribution in [0.3, 0.4) is 0 Å². The van der Waals surface area contributed by atoms with E-state index in [9.17, 15) is 10.2 Å². The van der Waals surface area contributed by atoms with Crippen LogP contribution < -0.4 is 16.8 Å². The van der Waals surface area contributed by atoms with Crippen LogP contribution in [0.1, 0.15) is 19.1 Å². The van der Waals surface area contributed by atoms with E-state index in [4.69, 9.17) is 16.2 Å². The van der Waals surface area contributed by atoms with E-state index in [0.29, 0.717) is 36.7 Å². The number of unbranched alkanes of at least 4 members (excludes halogenated alkanes) is 1. The van der Waals surface area contributed by atoms with Crippen molar-refractivity contribution in [3.05, 3.63) is 6.33 Å². The third-order valence-electron chi connectivity index (χ3n) is 4.99. The second-order valence-electron chi connectivity index (χ2n) is 7.01. The van der Waals surface area contributed by atoms with Crippen LogP contribution in [0.25, 0.3) is 11.2 Å². The summed E-state index contributed by atoms with van der Waals surface area (Å²) in [7, 11) is 0. The maximum absolute atomic E-state index is 10.6. The molecule has 2 fully saturated rings. The number of anilines is 2. The predicted molar refractivity (Wildman–Crippen MR) is 98.9 cm³/mol. The molecule has 0 bridgehead atoms. The van der Waals surface area contributed by atoms with Crippen molar-refractivity contribution in [1.82, 2.24) is 24.4 Å². The van der Waals surface area contributed by atoms with Crippen LogP contribution in [0.4, 0.5) is 11.8 Å². The van der Waals surface area contributed by atoms with Gasteiger partial charge >= 0.3 is 0 Å². The summed E-state index contributed by atoms with van der Waals surface area (Å²) in [5, 5.41) is 24.3. The van der Waals surface area contributed by atoms with Crippen molar-refractivity contribution in [3.63, 3.8) is 0 Å². The van der Waals surface area contributed by atoms with Crippen molar-refractivity contribution >= 4 is 22.9 Å². The molecule has 2 aromatic rings. The molecule has 4 atom stereocenters. The quantitative estimate of drug-likeness (QED) is 0.270. The third kappa shape index (κ3) is 3.56. The maximum atomic E-state index is 10.6. The smallest absolute Gasteiger partial charge is 0.207 e. The minimum atomic E-state index is -1.10. The third-order valence-corrected chi connectivity index (χ3v) is 4.99. The summed E-state index contributed by atoms with van der Waals surface area (Å²) in [6.45, 7) is 3.82. The summed E-state index contributed by atoms with van der Waals surface area (Å²) >= 11 is 0. The molecule has 0 aliphatic carbocycles. The zero-order chi connectivity index (χ0) is 19.0. The molecule has 0 radical (unpaired) electrons. The summed E-state index contributed by atoms with van der Waals surface area (Å²) < 4.78 is 7.68. The lowest BCUT2D eigenvalue weighted by atomic mass is 10.1. The Balaban J connectivity index is 1.65. The van der Waals surface area contributed by atoms with Crippen LogP contribution in [0, 0.1) is 0 Å². The van der Waals surface area contributed by atoms with Gasteiger partial charge < -0.3 is 31.7 Å². The number of aromatic nitrogens is 4. The van der Waals surface area contributed by atoms with Gasteiger partial charge in [0.1, 0.15) is 24.6 Å². The van der Waals surface area contributed by atoms with Crippen molar-refractivity contribution in [2.75, 3.05) is 43.8 Å². The number of aliphatic hydroxyl groups excluding tert-OH is 2. The fourth-order valence-corrected chi connectivity index (χ4v) is 3.36. The van der Waals surface area contributed by atoms with Crippen LogP contribution in [-0.4, -0.2) is 85.7 Å². The van der Waals surface area contributed by atoms with Gasteiger partial charge in [0.2, 0.25) is 5.95 Å². The molecule has 0 unspecified atom stereocenters. The molecule has 7 N–H and O–H groups in total. The van der Waals surface area contributed by atoms with Gasteiger partial charge in [-0.05, 0) is 19.4 Å². The number of nitrogens with one attached hydrogen (secondary N) is 1. The highest BCUT2D eigenvalue weighted by molar-refractivity contribution is 5.84. The van der Waals surface area contributed by atoms with Crippen LogP contribution in [0.15, 0.2) is 6.33 Å². The Bertz CT molecular complexity index is 795. The van der Waals surface area contributed by atoms with Crippen LogP contribution in [-0.2, 0) is 4.74 Å². The van der Waals surface area contributed by atoms with Crippen LogP contribution in [0.5, 0.6) is 0 Å². The Hall–Kier alpha value is -2.05. The predicted octanol–water partition coefficient (Wildman–Crippen LogP) is -1.51. The standard InChI is InChI=1S/C16H26N8O3/c17-3-1-2-4-19-16-22-10-13(18)20-8-21-14(10)24(16)15-12(26)11(25)9(27-15)7-23-5-6-23/h8-9,11-12,15,25-26H,1-7,17H2,(H,19,22)(H2,18,20,21)/t9-,11-,12-,15-/m1/s1. The molecule has 0 aromatic carbocycles. The minimum absolute atomic E-state index is 0.248. The van der Waals surface area contributed by atoms with Gasteiger partial charge in [-0.2, -0.15) is 0 Å². The molecule has 148 valence electrons. The summed E-state index contributed by atoms with van der Waals surface area (Å²) in [6.07, 6.45) is -0.288. The lowest BCUT2D eigenvalue weighted by Gasteiger charge is -2.19. The molecule has 2 aliphatic rings. The van der Waals surface area contributed by atoms with E-state index < -0.39 is 24.5 Å². The molecule has 4 heterocycles. The first-order chi connectivity index (χ1) is 13.1. The molecule has 27 heavy (non-hydrogen) atoms. The average molecular weight is 378 g/mol. The number of ether oxygens (including phenoxy) is 1. The molecule has 2 aliphatic heterocycles. The van der Waals surface area contributed by atoms with Crippen LogP contribution in [0.2, 0.25) is 0 Å². The Morgan fingerprint density at radius 3 is 2.78 bits per heavy atom. The molecule has 11 heteroatoms. The maximum Gasteiger partial charge on any atom is 0.207 e. The topological polar surface area (TPSA) is 160 Å². The fourth-order valence-electron chi connectivity index (χ4n) is 3.36. The van der Waals surface area contributed by atoms with E-state index in [1.54, 1.807) is 4.57 Å². The van der Waals surface area contributed by atoms with Crippen molar-refractivity contribution < 1.29 is 14.9 Å². The van der Waals surface area contributed by atoms with E-state index >= 15 is 0 Å². The monoisotopic (exact) mass is 378 g/mol. The largest absolute Gasteiger partial charge is 0.387 e. The zero-order valence-electron chi connectivity index (χ0n) is 15.0. The number of imidazole rings is 1. The van der Waals surface area contributed by atoms with Crippen molar-refractivity contribution in [1.29, 1.82) is 0 Å². The molecule has 11 nitrogen and oxygen atoms in total. The highest BCUT2D eigenvalue weighted by Crippen LogP contribution is 2.35. The molecule has 2 saturated heterocycles. The lowest BCUT2D eigenvalue weighted by Crippen LogP contribution is -2.35. The fraction of sp³-hybridized carbons (Fsp3) is 0.688. The van der Waals surface area contributed by atoms with Gasteiger partial charge in [-0.25, -0.2) is 15.0 Å². The highest BCUT2D eigenvalue weighted by atomic mass is 16.6. The first-order valence-electron chi connectivity index (χ1n) is 9.26. The number of rotatable bonds is 8. The van der Waals surface area contributed by atoms with E-state index in [1.165, 1.54) is 6.33 Å². The van der Waals surface area contributed by atoms with Gasteiger partial charge in [0.05, 0.1) is 0 Å². The minimum Gasteiger partial charge on any atom is -0.387 e. The number of nitrogen functional groups attached to an aromatic ring is 1. The van der Waals surface area contributed by atoms with Gasteiger partial charge in [0, 0.05) is 26.2 Å². The normalized spacial score (nSPS) is 28.1. The molecule has 0 spiro atoms. The van der Waals surface area contributed by atoms with E-state index in [-0.39, 0.29) is 5.82 Å². The van der Waals surface area contributed by atoms with Crippen molar-refractivity contribution in [2.24, 2.45) is 5.73 Å². The van der Waals surface area contributed by atoms with Gasteiger partial charge in [-0.15, -0.1) is 0 Å². The van der Waals surface area contributed by atoms with Crippen molar-refractivity contribution in [3.8, 4) is 0 Å². The number of nitrogens with two attached hydrogens (primary N) is 2. The average Bonchev–Trinajstić information content (AvgIpc) is 3.34. The van der Waals surface area contributed by atoms with Gasteiger partial charge in [-0.1, -0.05) is 0 Å². The van der Waals surface area contributed by atoms with Gasteiger partial charge in [0.15, 0.2) is 23.2 Å². The second-order valence-corrected chi connectivity index (χ2v) is 7.01. The van der Waals surface area contributed by atoms with E-state index in [2.05, 4.69) is 25.2 Å². The second kappa shape index (κ2) is 7.52. The molecule has 4 rings (SSSR count). The molecule has 2 aromatic heterocycles. The Labute approximate surface area is 156 Å². The number of hydrogen-bond acceptors (Lipinski definition) is 10. The number of nitrogens with zero attached hydrogens (tertiary/aromatic N) is 5. The summed E-state index contributed by atoms with van der Waals surface area (Å²) in [5.41, 5.74) is 12.4. The Morgan fingerprint density at radius 2 is 2.04 bits per heavy atom. The molecule has 0 amide bonds. The zero-order valence-corrected chi connectivity index (χ0v) is 15.0. The summed E-state index contributed by atoms with van der Waals surface area (Å²) in [6, 6.07) is 0. The Morgan fingerprint density at radius 1 is 1.22 bits per heavy atom. The summed E-state index contributed by atoms with van der Waals surface area (Å²) in [4.78, 5) is 14.9. The van der Waals surface area contributed by atoms with Gasteiger partial charge in [-0.3, -0.25) is 9.47 Å². The van der Waals surface area contributed by atoms with Gasteiger partial charge in [0.25, 0.3) is 0 Å². The number of fused-ring (bicyclic) bond motifs is 1.